The highest BCUT2D eigenvalue weighted by Crippen LogP contribution is 2.34. The Bertz CT molecular complexity index is 325. The molecule has 0 spiro atoms. The lowest BCUT2D eigenvalue weighted by Gasteiger charge is -2.08. The van der Waals surface area contributed by atoms with Crippen LogP contribution in [-0.4, -0.2) is 6.04 Å². The fourth-order valence-electron chi connectivity index (χ4n) is 1.39. The lowest BCUT2D eigenvalue weighted by Crippen LogP contribution is -2.06. The predicted octanol–water partition coefficient (Wildman–Crippen LogP) is 2.23. The third-order valence-corrected chi connectivity index (χ3v) is 2.50. The Hall–Kier alpha value is -1.25. The molecule has 2 rings (SSSR count). The molecule has 70 valence electrons. The van der Waals surface area contributed by atoms with E-state index < -0.39 is 0 Å². The highest BCUT2D eigenvalue weighted by molar-refractivity contribution is 5.67. The quantitative estimate of drug-likeness (QED) is 0.685. The van der Waals surface area contributed by atoms with Crippen LogP contribution in [0.2, 0.25) is 0 Å². The first-order valence-corrected chi connectivity index (χ1v) is 4.49. The second-order valence-corrected chi connectivity index (χ2v) is 3.66. The van der Waals surface area contributed by atoms with Crippen LogP contribution in [0, 0.1) is 11.7 Å². The van der Waals surface area contributed by atoms with Crippen molar-refractivity contribution in [3.63, 3.8) is 0 Å². The summed E-state index contributed by atoms with van der Waals surface area (Å²) in [6, 6.07) is 5.32. The molecule has 0 aromatic heterocycles. The zero-order chi connectivity index (χ0) is 9.42. The summed E-state index contributed by atoms with van der Waals surface area (Å²) < 4.78 is 13.0. The van der Waals surface area contributed by atoms with E-state index in [1.165, 1.54) is 6.07 Å². The first-order valence-electron chi connectivity index (χ1n) is 4.49. The molecule has 2 atom stereocenters. The molecule has 1 aliphatic rings. The van der Waals surface area contributed by atoms with Gasteiger partial charge in [-0.3, -0.25) is 0 Å². The molecule has 0 heterocycles. The van der Waals surface area contributed by atoms with Crippen LogP contribution in [0.1, 0.15) is 13.3 Å². The second kappa shape index (κ2) is 2.91. The number of nitrogens with two attached hydrogens (primary N) is 1. The first kappa shape index (κ1) is 8.35. The van der Waals surface area contributed by atoms with Crippen molar-refractivity contribution >= 4 is 11.4 Å². The Morgan fingerprint density at radius 3 is 2.85 bits per heavy atom. The second-order valence-electron chi connectivity index (χ2n) is 3.66. The number of halogens is 1. The molecule has 1 aromatic rings. The molecule has 0 saturated heterocycles. The van der Waals surface area contributed by atoms with Gasteiger partial charge in [-0.15, -0.1) is 0 Å². The van der Waals surface area contributed by atoms with Crippen LogP contribution < -0.4 is 11.1 Å². The number of hydrogen-bond donors (Lipinski definition) is 2. The molecule has 1 aromatic carbocycles. The zero-order valence-electron chi connectivity index (χ0n) is 7.55. The third-order valence-electron chi connectivity index (χ3n) is 2.50. The van der Waals surface area contributed by atoms with E-state index in [0.717, 1.165) is 6.42 Å². The summed E-state index contributed by atoms with van der Waals surface area (Å²) in [7, 11) is 0. The Labute approximate surface area is 76.9 Å². The van der Waals surface area contributed by atoms with Crippen LogP contribution in [-0.2, 0) is 0 Å². The summed E-state index contributed by atoms with van der Waals surface area (Å²) in [6.45, 7) is 2.16. The summed E-state index contributed by atoms with van der Waals surface area (Å²) in [4.78, 5) is 0. The highest BCUT2D eigenvalue weighted by Gasteiger charge is 2.32. The molecule has 3 N–H and O–H groups in total. The van der Waals surface area contributed by atoms with Crippen molar-refractivity contribution in [3.05, 3.63) is 24.0 Å². The first-order chi connectivity index (χ1) is 6.18. The van der Waals surface area contributed by atoms with Gasteiger partial charge < -0.3 is 11.1 Å². The number of anilines is 2. The van der Waals surface area contributed by atoms with Crippen LogP contribution in [0.25, 0.3) is 0 Å². The fraction of sp³-hybridized carbons (Fsp3) is 0.400. The maximum Gasteiger partial charge on any atom is 0.148 e. The van der Waals surface area contributed by atoms with Crippen molar-refractivity contribution in [1.82, 2.24) is 0 Å². The molecule has 1 fully saturated rings. The van der Waals surface area contributed by atoms with Crippen molar-refractivity contribution in [1.29, 1.82) is 0 Å². The van der Waals surface area contributed by atoms with Crippen LogP contribution in [0.4, 0.5) is 15.8 Å². The molecule has 0 bridgehead atoms. The molecular formula is C10H13FN2. The van der Waals surface area contributed by atoms with Crippen LogP contribution in [0.15, 0.2) is 18.2 Å². The van der Waals surface area contributed by atoms with Crippen molar-refractivity contribution < 1.29 is 4.39 Å². The molecule has 0 aliphatic heterocycles. The van der Waals surface area contributed by atoms with Gasteiger partial charge in [0.2, 0.25) is 0 Å². The van der Waals surface area contributed by atoms with E-state index in [0.29, 0.717) is 17.6 Å². The van der Waals surface area contributed by atoms with E-state index in [1.807, 2.05) is 6.07 Å². The summed E-state index contributed by atoms with van der Waals surface area (Å²) >= 11 is 0. The van der Waals surface area contributed by atoms with E-state index in [4.69, 9.17) is 5.73 Å². The smallest absolute Gasteiger partial charge is 0.148 e. The number of benzene rings is 1. The van der Waals surface area contributed by atoms with Gasteiger partial charge in [-0.25, -0.2) is 4.39 Å². The summed E-state index contributed by atoms with van der Waals surface area (Å²) in [6.07, 6.45) is 1.15. The van der Waals surface area contributed by atoms with E-state index in [-0.39, 0.29) is 11.5 Å². The van der Waals surface area contributed by atoms with E-state index in [2.05, 4.69) is 12.2 Å². The van der Waals surface area contributed by atoms with Crippen molar-refractivity contribution in [3.8, 4) is 0 Å². The SMILES string of the molecule is CC1CC1Nc1cccc(F)c1N. The molecule has 13 heavy (non-hydrogen) atoms. The molecule has 2 nitrogen and oxygen atoms in total. The van der Waals surface area contributed by atoms with Crippen LogP contribution in [0.5, 0.6) is 0 Å². The van der Waals surface area contributed by atoms with Crippen molar-refractivity contribution in [2.45, 2.75) is 19.4 Å². The molecule has 0 radical (unpaired) electrons. The number of para-hydroxylation sites is 1. The lowest BCUT2D eigenvalue weighted by molar-refractivity contribution is 0.633. The molecule has 3 heteroatoms. The summed E-state index contributed by atoms with van der Waals surface area (Å²) in [5.41, 5.74) is 6.51. The normalized spacial score (nSPS) is 25.7. The Morgan fingerprint density at radius 1 is 1.54 bits per heavy atom. The average molecular weight is 180 g/mol. The Morgan fingerprint density at radius 2 is 2.23 bits per heavy atom. The van der Waals surface area contributed by atoms with Gasteiger partial charge in [0.1, 0.15) is 5.82 Å². The van der Waals surface area contributed by atoms with Crippen molar-refractivity contribution in [2.75, 3.05) is 11.1 Å². The molecular weight excluding hydrogens is 167 g/mol. The lowest BCUT2D eigenvalue weighted by atomic mass is 10.2. The minimum absolute atomic E-state index is 0.224. The molecule has 0 amide bonds. The minimum Gasteiger partial charge on any atom is -0.395 e. The van der Waals surface area contributed by atoms with Crippen molar-refractivity contribution in [2.24, 2.45) is 5.92 Å². The van der Waals surface area contributed by atoms with Crippen LogP contribution >= 0.6 is 0 Å². The predicted molar refractivity (Wildman–Crippen MR) is 52.0 cm³/mol. The van der Waals surface area contributed by atoms with Gasteiger partial charge >= 0.3 is 0 Å². The van der Waals surface area contributed by atoms with Gasteiger partial charge in [0.25, 0.3) is 0 Å². The topological polar surface area (TPSA) is 38.0 Å². The van der Waals surface area contributed by atoms with Gasteiger partial charge in [0, 0.05) is 6.04 Å². The van der Waals surface area contributed by atoms with Crippen LogP contribution in [0.3, 0.4) is 0 Å². The molecule has 1 saturated carbocycles. The molecule has 2 unspecified atom stereocenters. The van der Waals surface area contributed by atoms with Gasteiger partial charge in [-0.05, 0) is 24.5 Å². The monoisotopic (exact) mass is 180 g/mol. The number of rotatable bonds is 2. The maximum atomic E-state index is 13.0. The minimum atomic E-state index is -0.349. The van der Waals surface area contributed by atoms with Gasteiger partial charge in [-0.2, -0.15) is 0 Å². The highest BCUT2D eigenvalue weighted by atomic mass is 19.1. The van der Waals surface area contributed by atoms with E-state index >= 15 is 0 Å². The molecule has 1 aliphatic carbocycles. The third kappa shape index (κ3) is 1.59. The number of nitrogen functional groups attached to an aromatic ring is 1. The fourth-order valence-corrected chi connectivity index (χ4v) is 1.39. The summed E-state index contributed by atoms with van der Waals surface area (Å²) in [5, 5.41) is 3.21. The van der Waals surface area contributed by atoms with Gasteiger partial charge in [0.15, 0.2) is 0 Å². The Kier molecular flexibility index (Phi) is 1.87. The number of hydrogen-bond acceptors (Lipinski definition) is 2. The Balaban J connectivity index is 2.15. The van der Waals surface area contributed by atoms with E-state index in [9.17, 15) is 4.39 Å². The standard InChI is InChI=1S/C10H13FN2/c1-6-5-9(6)13-8-4-2-3-7(11)10(8)12/h2-4,6,9,13H,5,12H2,1H3. The maximum absolute atomic E-state index is 13.0. The largest absolute Gasteiger partial charge is 0.395 e. The van der Waals surface area contributed by atoms with E-state index in [1.54, 1.807) is 6.07 Å². The summed E-state index contributed by atoms with van der Waals surface area (Å²) in [5.74, 6) is 0.334. The average Bonchev–Trinajstić information content (AvgIpc) is 2.77. The van der Waals surface area contributed by atoms with Gasteiger partial charge in [-0.1, -0.05) is 13.0 Å². The number of nitrogens with one attached hydrogen (secondary N) is 1. The zero-order valence-corrected chi connectivity index (χ0v) is 7.55. The van der Waals surface area contributed by atoms with Gasteiger partial charge in [0.05, 0.1) is 11.4 Å².